The molecular weight excluding hydrogens is 611 g/mol. The average molecular weight is 636 g/mol. The second-order valence-corrected chi connectivity index (χ2v) is 12.3. The Morgan fingerprint density at radius 2 is 0.900 bits per heavy atom. The van der Waals surface area contributed by atoms with E-state index >= 15 is 0 Å². The normalized spacial score (nSPS) is 11.1. The number of nitrogens with zero attached hydrogens (tertiary/aromatic N) is 5. The standard InChI is InChI=1S/C45H25N5/c46-26-29-20-21-44-38(22-29)36-15-4-8-19-43(36)50(44)45-24-30(27-47)23-37(39(45)28-48)32-11-9-10-31(25-32)33-12-1-5-16-40(33)49-41-17-6-2-13-34(41)35-14-3-7-18-42(35)49/h1-25H. The topological polar surface area (TPSA) is 81.2 Å². The van der Waals surface area contributed by atoms with Crippen molar-refractivity contribution in [3.05, 3.63) is 168 Å². The van der Waals surface area contributed by atoms with E-state index in [0.717, 1.165) is 55.2 Å². The molecule has 9 rings (SSSR count). The summed E-state index contributed by atoms with van der Waals surface area (Å²) >= 11 is 0. The Hall–Kier alpha value is -7.39. The van der Waals surface area contributed by atoms with Crippen LogP contribution < -0.4 is 0 Å². The minimum atomic E-state index is 0.449. The Labute approximate surface area is 287 Å². The summed E-state index contributed by atoms with van der Waals surface area (Å²) in [6, 6.07) is 57.8. The van der Waals surface area contributed by atoms with E-state index in [1.807, 2.05) is 59.2 Å². The zero-order valence-electron chi connectivity index (χ0n) is 26.7. The van der Waals surface area contributed by atoms with Crippen molar-refractivity contribution >= 4 is 43.6 Å². The lowest BCUT2D eigenvalue weighted by molar-refractivity contribution is 1.16. The quantitative estimate of drug-likeness (QED) is 0.193. The lowest BCUT2D eigenvalue weighted by Gasteiger charge is -2.17. The molecule has 0 saturated heterocycles. The average Bonchev–Trinajstić information content (AvgIpc) is 3.70. The van der Waals surface area contributed by atoms with E-state index in [0.29, 0.717) is 27.9 Å². The van der Waals surface area contributed by atoms with E-state index in [2.05, 4.69) is 108 Å². The van der Waals surface area contributed by atoms with Gasteiger partial charge in [-0.05, 0) is 71.8 Å². The number of nitriles is 3. The van der Waals surface area contributed by atoms with Crippen molar-refractivity contribution in [2.45, 2.75) is 0 Å². The molecule has 7 aromatic carbocycles. The molecule has 0 unspecified atom stereocenters. The lowest BCUT2D eigenvalue weighted by atomic mass is 9.93. The van der Waals surface area contributed by atoms with Gasteiger partial charge in [0.2, 0.25) is 0 Å². The fraction of sp³-hybridized carbons (Fsp3) is 0. The Morgan fingerprint density at radius 1 is 0.360 bits per heavy atom. The van der Waals surface area contributed by atoms with Crippen LogP contribution in [-0.4, -0.2) is 9.13 Å². The molecule has 0 aliphatic carbocycles. The van der Waals surface area contributed by atoms with Crippen LogP contribution in [0.3, 0.4) is 0 Å². The summed E-state index contributed by atoms with van der Waals surface area (Å²) in [5, 5.41) is 35.0. The first-order chi connectivity index (χ1) is 24.7. The molecule has 5 nitrogen and oxygen atoms in total. The molecule has 0 aliphatic heterocycles. The molecule has 0 atom stereocenters. The number of benzene rings is 7. The van der Waals surface area contributed by atoms with Gasteiger partial charge in [-0.1, -0.05) is 91.0 Å². The summed E-state index contributed by atoms with van der Waals surface area (Å²) in [6.45, 7) is 0. The molecule has 0 aliphatic rings. The molecule has 0 saturated carbocycles. The van der Waals surface area contributed by atoms with Crippen LogP contribution >= 0.6 is 0 Å². The molecule has 9 aromatic rings. The van der Waals surface area contributed by atoms with Crippen LogP contribution in [0.15, 0.2) is 152 Å². The SMILES string of the molecule is N#Cc1cc(-c2cccc(-c3ccccc3-n3c4ccccc4c4ccccc43)c2)c(C#N)c(-n2c3ccccc3c3cc(C#N)ccc32)c1. The maximum absolute atomic E-state index is 10.8. The number of hydrogen-bond donors (Lipinski definition) is 0. The maximum atomic E-state index is 10.8. The van der Waals surface area contributed by atoms with Crippen molar-refractivity contribution in [1.82, 2.24) is 9.13 Å². The number of para-hydroxylation sites is 4. The van der Waals surface area contributed by atoms with Gasteiger partial charge >= 0.3 is 0 Å². The zero-order chi connectivity index (χ0) is 33.8. The van der Waals surface area contributed by atoms with Crippen LogP contribution in [0.2, 0.25) is 0 Å². The van der Waals surface area contributed by atoms with Gasteiger partial charge in [0.15, 0.2) is 0 Å². The molecule has 0 bridgehead atoms. The summed E-state index contributed by atoms with van der Waals surface area (Å²) < 4.78 is 4.36. The van der Waals surface area contributed by atoms with Crippen molar-refractivity contribution in [2.75, 3.05) is 0 Å². The highest BCUT2D eigenvalue weighted by molar-refractivity contribution is 6.11. The van der Waals surface area contributed by atoms with Crippen molar-refractivity contribution in [3.63, 3.8) is 0 Å². The van der Waals surface area contributed by atoms with E-state index < -0.39 is 0 Å². The lowest BCUT2D eigenvalue weighted by Crippen LogP contribution is -2.01. The van der Waals surface area contributed by atoms with Gasteiger partial charge in [0.05, 0.1) is 62.3 Å². The molecule has 230 valence electrons. The summed E-state index contributed by atoms with van der Waals surface area (Å²) in [5.41, 5.74) is 10.7. The van der Waals surface area contributed by atoms with Crippen molar-refractivity contribution < 1.29 is 0 Å². The van der Waals surface area contributed by atoms with E-state index in [-0.39, 0.29) is 0 Å². The number of hydrogen-bond acceptors (Lipinski definition) is 3. The molecule has 5 heteroatoms. The van der Waals surface area contributed by atoms with Crippen LogP contribution in [0.25, 0.3) is 77.2 Å². The molecule has 0 N–H and O–H groups in total. The van der Waals surface area contributed by atoms with E-state index in [1.54, 1.807) is 12.1 Å². The Balaban J connectivity index is 1.27. The molecule has 0 radical (unpaired) electrons. The highest BCUT2D eigenvalue weighted by Gasteiger charge is 2.21. The molecular formula is C45H25N5. The summed E-state index contributed by atoms with van der Waals surface area (Å²) in [4.78, 5) is 0. The molecule has 2 heterocycles. The van der Waals surface area contributed by atoms with Gasteiger partial charge < -0.3 is 9.13 Å². The van der Waals surface area contributed by atoms with Crippen molar-refractivity contribution in [1.29, 1.82) is 15.8 Å². The van der Waals surface area contributed by atoms with Gasteiger partial charge in [0, 0.05) is 32.7 Å². The summed E-state index contributed by atoms with van der Waals surface area (Å²) in [7, 11) is 0. The van der Waals surface area contributed by atoms with Crippen LogP contribution in [0.1, 0.15) is 16.7 Å². The predicted molar refractivity (Wildman–Crippen MR) is 200 cm³/mol. The van der Waals surface area contributed by atoms with Gasteiger partial charge in [-0.15, -0.1) is 0 Å². The number of fused-ring (bicyclic) bond motifs is 6. The highest BCUT2D eigenvalue weighted by atomic mass is 15.0. The third kappa shape index (κ3) is 4.31. The van der Waals surface area contributed by atoms with Gasteiger partial charge in [-0.25, -0.2) is 0 Å². The van der Waals surface area contributed by atoms with Gasteiger partial charge in [-0.3, -0.25) is 0 Å². The first kappa shape index (κ1) is 28.8. The second-order valence-electron chi connectivity index (χ2n) is 12.3. The molecule has 0 amide bonds. The van der Waals surface area contributed by atoms with Gasteiger partial charge in [0.25, 0.3) is 0 Å². The van der Waals surface area contributed by atoms with Gasteiger partial charge in [-0.2, -0.15) is 15.8 Å². The van der Waals surface area contributed by atoms with Crippen LogP contribution in [0.4, 0.5) is 0 Å². The fourth-order valence-electron chi connectivity index (χ4n) is 7.46. The highest BCUT2D eigenvalue weighted by Crippen LogP contribution is 2.40. The van der Waals surface area contributed by atoms with Gasteiger partial charge in [0.1, 0.15) is 6.07 Å². The van der Waals surface area contributed by atoms with Crippen LogP contribution in [0.5, 0.6) is 0 Å². The first-order valence-corrected chi connectivity index (χ1v) is 16.3. The van der Waals surface area contributed by atoms with E-state index in [9.17, 15) is 15.8 Å². The van der Waals surface area contributed by atoms with Crippen LogP contribution in [-0.2, 0) is 0 Å². The zero-order valence-corrected chi connectivity index (χ0v) is 26.7. The molecule has 2 aromatic heterocycles. The minimum Gasteiger partial charge on any atom is -0.309 e. The summed E-state index contributed by atoms with van der Waals surface area (Å²) in [6.07, 6.45) is 0. The fourth-order valence-corrected chi connectivity index (χ4v) is 7.46. The second kappa shape index (κ2) is 11.4. The molecule has 50 heavy (non-hydrogen) atoms. The monoisotopic (exact) mass is 635 g/mol. The third-order valence-corrected chi connectivity index (χ3v) is 9.61. The van der Waals surface area contributed by atoms with Crippen molar-refractivity contribution in [2.24, 2.45) is 0 Å². The predicted octanol–water partition coefficient (Wildman–Crippen LogP) is 10.8. The Kier molecular flexibility index (Phi) is 6.56. The summed E-state index contributed by atoms with van der Waals surface area (Å²) in [5.74, 6) is 0. The smallest absolute Gasteiger partial charge is 0.102 e. The van der Waals surface area contributed by atoms with Crippen LogP contribution in [0, 0.1) is 34.0 Å². The number of rotatable bonds is 4. The molecule has 0 fully saturated rings. The van der Waals surface area contributed by atoms with Crippen molar-refractivity contribution in [3.8, 4) is 51.8 Å². The molecule has 0 spiro atoms. The third-order valence-electron chi connectivity index (χ3n) is 9.61. The first-order valence-electron chi connectivity index (χ1n) is 16.3. The Morgan fingerprint density at radius 3 is 1.54 bits per heavy atom. The maximum Gasteiger partial charge on any atom is 0.102 e. The van der Waals surface area contributed by atoms with E-state index in [4.69, 9.17) is 0 Å². The minimum absolute atomic E-state index is 0.449. The number of aromatic nitrogens is 2. The Bertz CT molecular complexity index is 2920. The largest absolute Gasteiger partial charge is 0.309 e. The van der Waals surface area contributed by atoms with E-state index in [1.165, 1.54) is 10.8 Å².